The van der Waals surface area contributed by atoms with E-state index in [4.69, 9.17) is 10.5 Å². The van der Waals surface area contributed by atoms with Crippen LogP contribution in [0.2, 0.25) is 0 Å². The molecule has 0 radical (unpaired) electrons. The van der Waals surface area contributed by atoms with Gasteiger partial charge in [-0.15, -0.1) is 0 Å². The molecule has 0 atom stereocenters. The second kappa shape index (κ2) is 12.3. The number of nitrogens with one attached hydrogen (secondary N) is 2. The molecule has 0 spiro atoms. The molecule has 0 aliphatic heterocycles. The largest absolute Gasteiger partial charge is 0.444 e. The molecule has 4 N–H and O–H groups in total. The number of hydrogen-bond acceptors (Lipinski definition) is 4. The number of carbonyl (C=O) groups excluding carboxylic acids is 1. The molecule has 0 aliphatic rings. The molecule has 1 amide bonds. The highest BCUT2D eigenvalue weighted by Gasteiger charge is 2.15. The summed E-state index contributed by atoms with van der Waals surface area (Å²) < 4.78 is 7.35. The lowest BCUT2D eigenvalue weighted by atomic mass is 10.1. The maximum atomic E-state index is 11.6. The Morgan fingerprint density at radius 2 is 1.91 bits per heavy atom. The van der Waals surface area contributed by atoms with Gasteiger partial charge < -0.3 is 20.8 Å². The second-order valence-electron chi connectivity index (χ2n) is 9.73. The number of aromatic nitrogens is 3. The van der Waals surface area contributed by atoms with Crippen LogP contribution in [0.4, 0.5) is 4.79 Å². The topological polar surface area (TPSA) is 98.0 Å². The smallest absolute Gasteiger partial charge is 0.407 e. The summed E-state index contributed by atoms with van der Waals surface area (Å²) in [7, 11) is 0. The monoisotopic (exact) mass is 465 g/mol. The molecule has 1 aromatic carbocycles. The molecule has 2 aromatic heterocycles. The summed E-state index contributed by atoms with van der Waals surface area (Å²) in [5.74, 6) is 0. The summed E-state index contributed by atoms with van der Waals surface area (Å²) in [6, 6.07) is 8.55. The molecule has 7 heteroatoms. The number of amides is 1. The third-order valence-electron chi connectivity index (χ3n) is 5.71. The number of rotatable bonds is 11. The number of aromatic amines is 1. The molecule has 2 heterocycles. The van der Waals surface area contributed by atoms with E-state index < -0.39 is 5.60 Å². The standard InChI is InChI=1S/C27H39N5O2/c1-27(2,3)34-26(33)30-15-8-6-4-5-7-9-17-32-25-13-11-21(18-23(25)20-31-32)10-12-24-22(19-28)14-16-29-24/h11-14,16,18-20,29H,4-10,15,17,28H2,1-3H3,(H,30,33)/b22-19-,24-12+. The molecule has 0 saturated heterocycles. The molecule has 0 saturated carbocycles. The van der Waals surface area contributed by atoms with Gasteiger partial charge in [-0.05, 0) is 63.8 Å². The second-order valence-corrected chi connectivity index (χ2v) is 9.73. The number of nitrogens with zero attached hydrogens (tertiary/aromatic N) is 2. The zero-order valence-corrected chi connectivity index (χ0v) is 20.8. The number of ether oxygens (including phenoxy) is 1. The summed E-state index contributed by atoms with van der Waals surface area (Å²) in [5.41, 5.74) is 7.66. The van der Waals surface area contributed by atoms with Gasteiger partial charge in [0.2, 0.25) is 0 Å². The lowest BCUT2D eigenvalue weighted by Gasteiger charge is -2.19. The van der Waals surface area contributed by atoms with Crippen LogP contribution in [-0.4, -0.2) is 33.0 Å². The van der Waals surface area contributed by atoms with E-state index >= 15 is 0 Å². The van der Waals surface area contributed by atoms with Crippen LogP contribution >= 0.6 is 0 Å². The van der Waals surface area contributed by atoms with Gasteiger partial charge in [-0.1, -0.05) is 37.8 Å². The predicted octanol–water partition coefficient (Wildman–Crippen LogP) is 3.95. The first kappa shape index (κ1) is 25.4. The Morgan fingerprint density at radius 3 is 2.68 bits per heavy atom. The van der Waals surface area contributed by atoms with Crippen LogP contribution in [0.1, 0.15) is 64.9 Å². The molecule has 0 unspecified atom stereocenters. The molecule has 0 fully saturated rings. The number of benzene rings is 1. The van der Waals surface area contributed by atoms with Crippen molar-refractivity contribution in [3.63, 3.8) is 0 Å². The number of carbonyl (C=O) groups is 1. The van der Waals surface area contributed by atoms with Crippen molar-refractivity contribution in [2.24, 2.45) is 5.73 Å². The molecular weight excluding hydrogens is 426 g/mol. The highest BCUT2D eigenvalue weighted by atomic mass is 16.6. The van der Waals surface area contributed by atoms with E-state index in [1.165, 1.54) is 35.7 Å². The lowest BCUT2D eigenvalue weighted by molar-refractivity contribution is 0.0527. The number of hydrogen-bond donors (Lipinski definition) is 3. The van der Waals surface area contributed by atoms with E-state index in [2.05, 4.69) is 44.4 Å². The Hall–Kier alpha value is -3.22. The molecule has 3 aromatic rings. The minimum atomic E-state index is -0.443. The summed E-state index contributed by atoms with van der Waals surface area (Å²) in [5, 5.41) is 10.7. The first-order valence-electron chi connectivity index (χ1n) is 12.3. The first-order valence-corrected chi connectivity index (χ1v) is 12.3. The Bertz CT molecular complexity index is 1170. The van der Waals surface area contributed by atoms with Gasteiger partial charge in [0.15, 0.2) is 0 Å². The Kier molecular flexibility index (Phi) is 9.19. The van der Waals surface area contributed by atoms with Crippen molar-refractivity contribution in [1.82, 2.24) is 20.1 Å². The minimum absolute atomic E-state index is 0.330. The maximum absolute atomic E-state index is 11.6. The van der Waals surface area contributed by atoms with Crippen LogP contribution in [-0.2, 0) is 17.7 Å². The van der Waals surface area contributed by atoms with Crippen molar-refractivity contribution in [1.29, 1.82) is 0 Å². The fourth-order valence-electron chi connectivity index (χ4n) is 3.98. The fraction of sp³-hybridized carbons (Fsp3) is 0.481. The fourth-order valence-corrected chi connectivity index (χ4v) is 3.98. The van der Waals surface area contributed by atoms with Crippen LogP contribution in [0.25, 0.3) is 23.2 Å². The van der Waals surface area contributed by atoms with Gasteiger partial charge in [-0.2, -0.15) is 5.10 Å². The lowest BCUT2D eigenvalue weighted by Crippen LogP contribution is -2.32. The molecule has 7 nitrogen and oxygen atoms in total. The van der Waals surface area contributed by atoms with Crippen LogP contribution in [0.5, 0.6) is 0 Å². The summed E-state index contributed by atoms with van der Waals surface area (Å²) in [4.78, 5) is 14.8. The van der Waals surface area contributed by atoms with E-state index in [0.29, 0.717) is 6.54 Å². The average Bonchev–Trinajstić information content (AvgIpc) is 3.41. The van der Waals surface area contributed by atoms with E-state index in [9.17, 15) is 4.79 Å². The zero-order valence-electron chi connectivity index (χ0n) is 20.8. The maximum Gasteiger partial charge on any atom is 0.407 e. The van der Waals surface area contributed by atoms with E-state index in [0.717, 1.165) is 42.8 Å². The van der Waals surface area contributed by atoms with Crippen molar-refractivity contribution in [3.8, 4) is 0 Å². The third kappa shape index (κ3) is 7.97. The van der Waals surface area contributed by atoms with Crippen molar-refractivity contribution in [2.45, 2.75) is 77.9 Å². The van der Waals surface area contributed by atoms with Gasteiger partial charge in [-0.3, -0.25) is 4.68 Å². The summed E-state index contributed by atoms with van der Waals surface area (Å²) in [6.45, 7) is 7.23. The van der Waals surface area contributed by atoms with Gasteiger partial charge in [0.25, 0.3) is 0 Å². The van der Waals surface area contributed by atoms with Gasteiger partial charge in [0, 0.05) is 41.4 Å². The molecule has 0 bridgehead atoms. The van der Waals surface area contributed by atoms with Gasteiger partial charge in [0.1, 0.15) is 5.60 Å². The Morgan fingerprint density at radius 1 is 1.15 bits per heavy atom. The van der Waals surface area contributed by atoms with Crippen molar-refractivity contribution >= 4 is 29.3 Å². The van der Waals surface area contributed by atoms with Crippen LogP contribution in [0.3, 0.4) is 0 Å². The summed E-state index contributed by atoms with van der Waals surface area (Å²) >= 11 is 0. The normalized spacial score (nSPS) is 13.0. The number of H-pyrrole nitrogens is 1. The summed E-state index contributed by atoms with van der Waals surface area (Å²) in [6.07, 6.45) is 15.0. The number of unbranched alkanes of at least 4 members (excludes halogenated alkanes) is 5. The van der Waals surface area contributed by atoms with Gasteiger partial charge in [-0.25, -0.2) is 4.79 Å². The molecule has 34 heavy (non-hydrogen) atoms. The van der Waals surface area contributed by atoms with Crippen molar-refractivity contribution in [3.05, 3.63) is 52.8 Å². The van der Waals surface area contributed by atoms with Crippen LogP contribution in [0.15, 0.2) is 36.7 Å². The number of alkyl carbamates (subject to hydrolysis) is 1. The van der Waals surface area contributed by atoms with E-state index in [1.54, 1.807) is 6.20 Å². The van der Waals surface area contributed by atoms with E-state index in [-0.39, 0.29) is 6.09 Å². The zero-order chi connectivity index (χ0) is 24.4. The van der Waals surface area contributed by atoms with Gasteiger partial charge in [0.05, 0.1) is 11.7 Å². The van der Waals surface area contributed by atoms with Crippen LogP contribution in [0, 0.1) is 0 Å². The van der Waals surface area contributed by atoms with Crippen molar-refractivity contribution in [2.75, 3.05) is 6.54 Å². The molecule has 184 valence electrons. The minimum Gasteiger partial charge on any atom is -0.444 e. The average molecular weight is 466 g/mol. The SMILES string of the molecule is CC(C)(C)OC(=O)NCCCCCCCCn1ncc2cc(C/C=c3/[nH]cc/c3=C/N)ccc21. The number of aryl methyl sites for hydroxylation is 1. The highest BCUT2D eigenvalue weighted by Crippen LogP contribution is 2.17. The quantitative estimate of drug-likeness (QED) is 0.374. The predicted molar refractivity (Wildman–Crippen MR) is 139 cm³/mol. The molecular formula is C27H39N5O2. The third-order valence-corrected chi connectivity index (χ3v) is 5.71. The number of nitrogens with two attached hydrogens (primary N) is 1. The highest BCUT2D eigenvalue weighted by molar-refractivity contribution is 5.79. The van der Waals surface area contributed by atoms with Crippen molar-refractivity contribution < 1.29 is 9.53 Å². The van der Waals surface area contributed by atoms with Gasteiger partial charge >= 0.3 is 6.09 Å². The Labute approximate surface area is 202 Å². The van der Waals surface area contributed by atoms with E-state index in [1.807, 2.05) is 39.2 Å². The van der Waals surface area contributed by atoms with Crippen LogP contribution < -0.4 is 21.6 Å². The molecule has 0 aliphatic carbocycles. The number of fused-ring (bicyclic) bond motifs is 1. The molecule has 3 rings (SSSR count). The first-order chi connectivity index (χ1) is 16.4. The Balaban J connectivity index is 1.34.